The first kappa shape index (κ1) is 14.8. The van der Waals surface area contributed by atoms with E-state index in [1.165, 1.54) is 0 Å². The SMILES string of the molecule is CCN(CC1CCCO1)C(=O)c1n[nH]c(C(C)C)c1N. The normalized spacial score (nSPS) is 18.7. The smallest absolute Gasteiger partial charge is 0.276 e. The van der Waals surface area contributed by atoms with Crippen molar-refractivity contribution >= 4 is 11.6 Å². The molecular weight excluding hydrogens is 256 g/mol. The summed E-state index contributed by atoms with van der Waals surface area (Å²) in [6.07, 6.45) is 2.22. The topological polar surface area (TPSA) is 84.2 Å². The quantitative estimate of drug-likeness (QED) is 0.860. The van der Waals surface area contributed by atoms with Gasteiger partial charge < -0.3 is 15.4 Å². The number of hydrogen-bond acceptors (Lipinski definition) is 4. The second kappa shape index (κ2) is 6.26. The van der Waals surface area contributed by atoms with Gasteiger partial charge in [0.1, 0.15) is 0 Å². The van der Waals surface area contributed by atoms with Crippen molar-refractivity contribution in [2.45, 2.75) is 45.6 Å². The minimum Gasteiger partial charge on any atom is -0.395 e. The molecule has 20 heavy (non-hydrogen) atoms. The second-order valence-corrected chi connectivity index (χ2v) is 5.53. The molecule has 2 rings (SSSR count). The van der Waals surface area contributed by atoms with E-state index in [-0.39, 0.29) is 17.9 Å². The van der Waals surface area contributed by atoms with Crippen molar-refractivity contribution in [3.63, 3.8) is 0 Å². The molecular formula is C14H24N4O2. The van der Waals surface area contributed by atoms with Crippen molar-refractivity contribution in [3.05, 3.63) is 11.4 Å². The van der Waals surface area contributed by atoms with E-state index in [4.69, 9.17) is 10.5 Å². The molecule has 1 atom stereocenters. The highest BCUT2D eigenvalue weighted by Crippen LogP contribution is 2.23. The molecule has 6 nitrogen and oxygen atoms in total. The number of aromatic nitrogens is 2. The Morgan fingerprint density at radius 1 is 1.60 bits per heavy atom. The van der Waals surface area contributed by atoms with E-state index < -0.39 is 0 Å². The molecule has 1 aliphatic heterocycles. The number of nitrogens with two attached hydrogens (primary N) is 1. The lowest BCUT2D eigenvalue weighted by atomic mass is 10.1. The number of aromatic amines is 1. The minimum absolute atomic E-state index is 0.122. The molecule has 1 aromatic rings. The molecule has 0 radical (unpaired) electrons. The monoisotopic (exact) mass is 280 g/mol. The van der Waals surface area contributed by atoms with Gasteiger partial charge in [-0.25, -0.2) is 0 Å². The van der Waals surface area contributed by atoms with E-state index >= 15 is 0 Å². The maximum absolute atomic E-state index is 12.5. The molecule has 1 aliphatic rings. The van der Waals surface area contributed by atoms with Crippen LogP contribution in [-0.2, 0) is 4.74 Å². The Balaban J connectivity index is 2.11. The molecule has 0 spiro atoms. The van der Waals surface area contributed by atoms with E-state index in [0.29, 0.717) is 24.5 Å². The molecule has 2 heterocycles. The standard InChI is InChI=1S/C14H24N4O2/c1-4-18(8-10-6-5-7-20-10)14(19)13-11(15)12(9(2)3)16-17-13/h9-10H,4-8,15H2,1-3H3,(H,16,17). The number of likely N-dealkylation sites (N-methyl/N-ethyl adjacent to an activating group) is 1. The van der Waals surface area contributed by atoms with Gasteiger partial charge in [-0.15, -0.1) is 0 Å². The van der Waals surface area contributed by atoms with Crippen molar-refractivity contribution in [1.29, 1.82) is 0 Å². The molecule has 3 N–H and O–H groups in total. The summed E-state index contributed by atoms with van der Waals surface area (Å²) in [4.78, 5) is 14.3. The van der Waals surface area contributed by atoms with Gasteiger partial charge in [0.15, 0.2) is 5.69 Å². The van der Waals surface area contributed by atoms with Gasteiger partial charge in [0.2, 0.25) is 0 Å². The van der Waals surface area contributed by atoms with Gasteiger partial charge in [-0.1, -0.05) is 13.8 Å². The van der Waals surface area contributed by atoms with Crippen LogP contribution in [0.15, 0.2) is 0 Å². The third-order valence-corrected chi connectivity index (χ3v) is 3.73. The van der Waals surface area contributed by atoms with Crippen molar-refractivity contribution in [2.75, 3.05) is 25.4 Å². The molecule has 0 bridgehead atoms. The number of anilines is 1. The molecule has 1 saturated heterocycles. The van der Waals surface area contributed by atoms with Crippen LogP contribution in [0.1, 0.15) is 55.7 Å². The van der Waals surface area contributed by atoms with Gasteiger partial charge in [0, 0.05) is 19.7 Å². The van der Waals surface area contributed by atoms with Crippen molar-refractivity contribution in [1.82, 2.24) is 15.1 Å². The zero-order valence-electron chi connectivity index (χ0n) is 12.5. The number of nitrogen functional groups attached to an aromatic ring is 1. The molecule has 1 unspecified atom stereocenters. The summed E-state index contributed by atoms with van der Waals surface area (Å²) in [5, 5.41) is 6.97. The fourth-order valence-corrected chi connectivity index (χ4v) is 2.51. The zero-order valence-corrected chi connectivity index (χ0v) is 12.5. The fourth-order valence-electron chi connectivity index (χ4n) is 2.51. The Morgan fingerprint density at radius 2 is 2.35 bits per heavy atom. The van der Waals surface area contributed by atoms with Crippen LogP contribution in [0.25, 0.3) is 0 Å². The number of nitrogens with one attached hydrogen (secondary N) is 1. The third-order valence-electron chi connectivity index (χ3n) is 3.73. The summed E-state index contributed by atoms with van der Waals surface area (Å²) in [5.74, 6) is 0.0981. The molecule has 0 aromatic carbocycles. The van der Waals surface area contributed by atoms with E-state index in [0.717, 1.165) is 25.1 Å². The number of ether oxygens (including phenoxy) is 1. The molecule has 0 saturated carbocycles. The number of nitrogens with zero attached hydrogens (tertiary/aromatic N) is 2. The lowest BCUT2D eigenvalue weighted by Crippen LogP contribution is -2.37. The van der Waals surface area contributed by atoms with Crippen LogP contribution < -0.4 is 5.73 Å². The number of carbonyl (C=O) groups excluding carboxylic acids is 1. The largest absolute Gasteiger partial charge is 0.395 e. The summed E-state index contributed by atoms with van der Waals surface area (Å²) < 4.78 is 5.59. The molecule has 112 valence electrons. The van der Waals surface area contributed by atoms with E-state index in [2.05, 4.69) is 10.2 Å². The van der Waals surface area contributed by atoms with Gasteiger partial charge in [0.25, 0.3) is 5.91 Å². The Bertz CT molecular complexity index is 464. The molecule has 6 heteroatoms. The Hall–Kier alpha value is -1.56. The Labute approximate surface area is 119 Å². The number of hydrogen-bond donors (Lipinski definition) is 2. The van der Waals surface area contributed by atoms with Crippen LogP contribution in [0.3, 0.4) is 0 Å². The summed E-state index contributed by atoms with van der Waals surface area (Å²) in [6, 6.07) is 0. The summed E-state index contributed by atoms with van der Waals surface area (Å²) in [6.45, 7) is 8.02. The van der Waals surface area contributed by atoms with Gasteiger partial charge >= 0.3 is 0 Å². The van der Waals surface area contributed by atoms with E-state index in [1.54, 1.807) is 4.90 Å². The molecule has 1 aromatic heterocycles. The lowest BCUT2D eigenvalue weighted by molar-refractivity contribution is 0.0535. The lowest BCUT2D eigenvalue weighted by Gasteiger charge is -2.23. The van der Waals surface area contributed by atoms with Crippen LogP contribution in [0.4, 0.5) is 5.69 Å². The van der Waals surface area contributed by atoms with E-state index in [1.807, 2.05) is 20.8 Å². The highest BCUT2D eigenvalue weighted by atomic mass is 16.5. The number of carbonyl (C=O) groups is 1. The first-order valence-electron chi connectivity index (χ1n) is 7.29. The maximum atomic E-state index is 12.5. The summed E-state index contributed by atoms with van der Waals surface area (Å²) >= 11 is 0. The predicted molar refractivity (Wildman–Crippen MR) is 77.6 cm³/mol. The maximum Gasteiger partial charge on any atom is 0.276 e. The van der Waals surface area contributed by atoms with Crippen LogP contribution in [0, 0.1) is 0 Å². The minimum atomic E-state index is -0.122. The zero-order chi connectivity index (χ0) is 14.7. The first-order valence-corrected chi connectivity index (χ1v) is 7.29. The van der Waals surface area contributed by atoms with Gasteiger partial charge in [-0.2, -0.15) is 5.10 Å². The average Bonchev–Trinajstić information content (AvgIpc) is 3.04. The number of amides is 1. The van der Waals surface area contributed by atoms with Crippen LogP contribution in [0.2, 0.25) is 0 Å². The predicted octanol–water partition coefficient (Wildman–Crippen LogP) is 1.76. The highest BCUT2D eigenvalue weighted by Gasteiger charge is 2.26. The number of H-pyrrole nitrogens is 1. The highest BCUT2D eigenvalue weighted by molar-refractivity contribution is 5.97. The van der Waals surface area contributed by atoms with Crippen LogP contribution in [-0.4, -0.2) is 46.8 Å². The van der Waals surface area contributed by atoms with Gasteiger partial charge in [-0.05, 0) is 25.7 Å². The van der Waals surface area contributed by atoms with Crippen molar-refractivity contribution in [2.24, 2.45) is 0 Å². The van der Waals surface area contributed by atoms with Gasteiger partial charge in [-0.3, -0.25) is 9.89 Å². The molecule has 1 amide bonds. The van der Waals surface area contributed by atoms with Crippen molar-refractivity contribution < 1.29 is 9.53 Å². The Morgan fingerprint density at radius 3 is 2.85 bits per heavy atom. The second-order valence-electron chi connectivity index (χ2n) is 5.53. The first-order chi connectivity index (χ1) is 9.54. The fraction of sp³-hybridized carbons (Fsp3) is 0.714. The Kier molecular flexibility index (Phi) is 4.65. The van der Waals surface area contributed by atoms with E-state index in [9.17, 15) is 4.79 Å². The summed E-state index contributed by atoms with van der Waals surface area (Å²) in [5.41, 5.74) is 7.65. The average molecular weight is 280 g/mol. The van der Waals surface area contributed by atoms with Crippen LogP contribution >= 0.6 is 0 Å². The van der Waals surface area contributed by atoms with Crippen molar-refractivity contribution in [3.8, 4) is 0 Å². The molecule has 1 fully saturated rings. The summed E-state index contributed by atoms with van der Waals surface area (Å²) in [7, 11) is 0. The van der Waals surface area contributed by atoms with Gasteiger partial charge in [0.05, 0.1) is 17.5 Å². The third kappa shape index (κ3) is 2.95. The molecule has 0 aliphatic carbocycles. The van der Waals surface area contributed by atoms with Crippen LogP contribution in [0.5, 0.6) is 0 Å². The number of rotatable bonds is 5.